The molecule has 0 saturated carbocycles. The fourth-order valence-corrected chi connectivity index (χ4v) is 2.27. The van der Waals surface area contributed by atoms with Gasteiger partial charge < -0.3 is 0 Å². The van der Waals surface area contributed by atoms with Gasteiger partial charge in [0.15, 0.2) is 6.17 Å². The Hall–Kier alpha value is -1.00. The monoisotopic (exact) mass is 234 g/mol. The second-order valence-corrected chi connectivity index (χ2v) is 4.78. The largest absolute Gasteiger partial charge is 0.259 e. The first kappa shape index (κ1) is 10.5. The van der Waals surface area contributed by atoms with E-state index in [0.717, 1.165) is 9.95 Å². The van der Waals surface area contributed by atoms with Gasteiger partial charge in [-0.15, -0.1) is 11.8 Å². The maximum atomic E-state index is 5.25. The van der Waals surface area contributed by atoms with Crippen LogP contribution in [0.4, 0.5) is 0 Å². The summed E-state index contributed by atoms with van der Waals surface area (Å²) < 4.78 is 0.837. The number of thiocarbonyl (C=S) groups is 1. The van der Waals surface area contributed by atoms with Gasteiger partial charge in [0.05, 0.1) is 4.20 Å². The van der Waals surface area contributed by atoms with Gasteiger partial charge in [0.25, 0.3) is 0 Å². The Morgan fingerprint density at radius 2 is 1.87 bits per heavy atom. The van der Waals surface area contributed by atoms with Crippen molar-refractivity contribution in [2.24, 2.45) is 9.98 Å². The molecule has 0 atom stereocenters. The molecule has 1 aliphatic heterocycles. The van der Waals surface area contributed by atoms with Crippen LogP contribution >= 0.6 is 24.0 Å². The average Bonchev–Trinajstić information content (AvgIpc) is 2.81. The van der Waals surface area contributed by atoms with E-state index in [0.29, 0.717) is 0 Å². The summed E-state index contributed by atoms with van der Waals surface area (Å²) in [5.41, 5.74) is 1.27. The molecule has 2 nitrogen and oxygen atoms in total. The van der Waals surface area contributed by atoms with Gasteiger partial charge in [0, 0.05) is 18.2 Å². The van der Waals surface area contributed by atoms with Crippen molar-refractivity contribution in [2.75, 3.05) is 0 Å². The Morgan fingerprint density at radius 1 is 1.20 bits per heavy atom. The number of nitrogens with zero attached hydrogens (tertiary/aromatic N) is 2. The lowest BCUT2D eigenvalue weighted by atomic mass is 10.2. The first-order valence-corrected chi connectivity index (χ1v) is 6.01. The van der Waals surface area contributed by atoms with Crippen LogP contribution in [0.15, 0.2) is 40.3 Å². The molecule has 0 aliphatic carbocycles. The maximum absolute atomic E-state index is 5.25. The SMILES string of the molecule is S=C(SCc1ccccc1)C1N=CC=N1. The first-order valence-electron chi connectivity index (χ1n) is 4.62. The Labute approximate surface area is 98.5 Å². The zero-order chi connectivity index (χ0) is 10.5. The normalized spacial score (nSPS) is 14.7. The highest BCUT2D eigenvalue weighted by molar-refractivity contribution is 8.22. The predicted octanol–water partition coefficient (Wildman–Crippen LogP) is 2.73. The van der Waals surface area contributed by atoms with Crippen molar-refractivity contribution >= 4 is 40.6 Å². The third kappa shape index (κ3) is 2.97. The Balaban J connectivity index is 1.86. The summed E-state index contributed by atoms with van der Waals surface area (Å²) >= 11 is 6.88. The molecule has 0 N–H and O–H groups in total. The minimum Gasteiger partial charge on any atom is -0.259 e. The fraction of sp³-hybridized carbons (Fsp3) is 0.182. The van der Waals surface area contributed by atoms with Gasteiger partial charge in [0.1, 0.15) is 0 Å². The number of aliphatic imine (C=N–C) groups is 2. The summed E-state index contributed by atoms with van der Waals surface area (Å²) in [6, 6.07) is 10.3. The van der Waals surface area contributed by atoms with Crippen molar-refractivity contribution in [3.05, 3.63) is 35.9 Å². The molecule has 0 aromatic heterocycles. The van der Waals surface area contributed by atoms with Crippen LogP contribution in [0.1, 0.15) is 5.56 Å². The molecule has 0 radical (unpaired) electrons. The standard InChI is InChI=1S/C11H10N2S2/c14-11(10-12-6-7-13-10)15-8-9-4-2-1-3-5-9/h1-7,10H,8H2. The molecule has 0 amide bonds. The van der Waals surface area contributed by atoms with Gasteiger partial charge in [-0.3, -0.25) is 9.98 Å². The molecule has 2 rings (SSSR count). The molecule has 0 bridgehead atoms. The molecular formula is C11H10N2S2. The van der Waals surface area contributed by atoms with E-state index in [9.17, 15) is 0 Å². The van der Waals surface area contributed by atoms with Crippen LogP contribution in [0.5, 0.6) is 0 Å². The number of rotatable bonds is 3. The lowest BCUT2D eigenvalue weighted by Crippen LogP contribution is -2.07. The minimum absolute atomic E-state index is 0.145. The second-order valence-electron chi connectivity index (χ2n) is 3.06. The van der Waals surface area contributed by atoms with Crippen molar-refractivity contribution in [3.63, 3.8) is 0 Å². The van der Waals surface area contributed by atoms with Gasteiger partial charge in [-0.05, 0) is 5.56 Å². The third-order valence-electron chi connectivity index (χ3n) is 1.96. The summed E-state index contributed by atoms with van der Waals surface area (Å²) in [5.74, 6) is 0.890. The number of hydrogen-bond acceptors (Lipinski definition) is 4. The van der Waals surface area contributed by atoms with E-state index < -0.39 is 0 Å². The molecule has 4 heteroatoms. The maximum Gasteiger partial charge on any atom is 0.180 e. The van der Waals surface area contributed by atoms with Crippen LogP contribution in [0.2, 0.25) is 0 Å². The molecule has 0 saturated heterocycles. The summed E-state index contributed by atoms with van der Waals surface area (Å²) in [6.07, 6.45) is 3.24. The average molecular weight is 234 g/mol. The van der Waals surface area contributed by atoms with Crippen LogP contribution in [-0.4, -0.2) is 22.8 Å². The number of thioether (sulfide) groups is 1. The van der Waals surface area contributed by atoms with E-state index in [2.05, 4.69) is 22.1 Å². The van der Waals surface area contributed by atoms with Crippen molar-refractivity contribution in [1.29, 1.82) is 0 Å². The van der Waals surface area contributed by atoms with Crippen LogP contribution in [-0.2, 0) is 5.75 Å². The van der Waals surface area contributed by atoms with Crippen molar-refractivity contribution < 1.29 is 0 Å². The molecule has 1 aromatic rings. The first-order chi connectivity index (χ1) is 7.36. The van der Waals surface area contributed by atoms with E-state index in [1.165, 1.54) is 5.56 Å². The molecule has 1 aliphatic rings. The van der Waals surface area contributed by atoms with Gasteiger partial charge >= 0.3 is 0 Å². The van der Waals surface area contributed by atoms with E-state index >= 15 is 0 Å². The Morgan fingerprint density at radius 3 is 2.53 bits per heavy atom. The zero-order valence-corrected chi connectivity index (χ0v) is 9.67. The van der Waals surface area contributed by atoms with Crippen LogP contribution in [0.25, 0.3) is 0 Å². The van der Waals surface area contributed by atoms with Crippen molar-refractivity contribution in [2.45, 2.75) is 11.9 Å². The van der Waals surface area contributed by atoms with Gasteiger partial charge in [-0.2, -0.15) is 0 Å². The number of benzene rings is 1. The third-order valence-corrected chi connectivity index (χ3v) is 3.49. The molecule has 15 heavy (non-hydrogen) atoms. The minimum atomic E-state index is -0.145. The predicted molar refractivity (Wildman–Crippen MR) is 71.1 cm³/mol. The van der Waals surface area contributed by atoms with Gasteiger partial charge in [0.2, 0.25) is 0 Å². The van der Waals surface area contributed by atoms with Crippen LogP contribution in [0.3, 0.4) is 0 Å². The summed E-state index contributed by atoms with van der Waals surface area (Å²) in [4.78, 5) is 8.28. The van der Waals surface area contributed by atoms with Crippen LogP contribution < -0.4 is 0 Å². The second kappa shape index (κ2) is 5.19. The highest BCUT2D eigenvalue weighted by Crippen LogP contribution is 2.18. The fourth-order valence-electron chi connectivity index (χ4n) is 1.20. The topological polar surface area (TPSA) is 24.7 Å². The molecule has 0 unspecified atom stereocenters. The summed E-state index contributed by atoms with van der Waals surface area (Å²) in [7, 11) is 0. The van der Waals surface area contributed by atoms with E-state index in [1.807, 2.05) is 18.2 Å². The van der Waals surface area contributed by atoms with E-state index in [4.69, 9.17) is 12.2 Å². The Kier molecular flexibility index (Phi) is 3.64. The van der Waals surface area contributed by atoms with Crippen LogP contribution in [0, 0.1) is 0 Å². The number of hydrogen-bond donors (Lipinski definition) is 0. The summed E-state index contributed by atoms with van der Waals surface area (Å²) in [6.45, 7) is 0. The summed E-state index contributed by atoms with van der Waals surface area (Å²) in [5, 5.41) is 0. The van der Waals surface area contributed by atoms with Gasteiger partial charge in [-0.25, -0.2) is 0 Å². The highest BCUT2D eigenvalue weighted by atomic mass is 32.2. The zero-order valence-electron chi connectivity index (χ0n) is 8.04. The molecule has 0 fully saturated rings. The smallest absolute Gasteiger partial charge is 0.180 e. The Bertz CT molecular complexity index is 386. The lowest BCUT2D eigenvalue weighted by molar-refractivity contribution is 0.982. The highest BCUT2D eigenvalue weighted by Gasteiger charge is 2.12. The van der Waals surface area contributed by atoms with E-state index in [-0.39, 0.29) is 6.17 Å². The molecule has 1 aromatic carbocycles. The van der Waals surface area contributed by atoms with E-state index in [1.54, 1.807) is 24.2 Å². The molecule has 0 spiro atoms. The lowest BCUT2D eigenvalue weighted by Gasteiger charge is -2.05. The van der Waals surface area contributed by atoms with Gasteiger partial charge in [-0.1, -0.05) is 42.5 Å². The van der Waals surface area contributed by atoms with Crippen molar-refractivity contribution in [1.82, 2.24) is 0 Å². The molecule has 76 valence electrons. The quantitative estimate of drug-likeness (QED) is 0.751. The van der Waals surface area contributed by atoms with Crippen molar-refractivity contribution in [3.8, 4) is 0 Å². The molecule has 1 heterocycles. The molecular weight excluding hydrogens is 224 g/mol.